The minimum absolute atomic E-state index is 0.444. The summed E-state index contributed by atoms with van der Waals surface area (Å²) in [5.74, 6) is 5.34. The van der Waals surface area contributed by atoms with Crippen LogP contribution in [-0.4, -0.2) is 20.0 Å². The predicted molar refractivity (Wildman–Crippen MR) is 48.2 cm³/mol. The first-order valence-electron chi connectivity index (χ1n) is 3.31. The predicted octanol–water partition coefficient (Wildman–Crippen LogP) is -0.102. The summed E-state index contributed by atoms with van der Waals surface area (Å²) in [6, 6.07) is 0. The maximum absolute atomic E-state index is 10.6. The van der Waals surface area contributed by atoms with Gasteiger partial charge in [0.15, 0.2) is 5.03 Å². The smallest absolute Gasteiger partial charge is 0.277 e. The van der Waals surface area contributed by atoms with Gasteiger partial charge in [-0.2, -0.15) is 0 Å². The molecule has 7 heteroatoms. The van der Waals surface area contributed by atoms with Crippen molar-refractivity contribution < 1.29 is 8.42 Å². The summed E-state index contributed by atoms with van der Waals surface area (Å²) < 4.78 is 21.1. The highest BCUT2D eigenvalue weighted by atomic mass is 35.7. The van der Waals surface area contributed by atoms with Crippen LogP contribution in [0.3, 0.4) is 0 Å². The van der Waals surface area contributed by atoms with Gasteiger partial charge in [0, 0.05) is 17.2 Å². The Bertz CT molecular complexity index is 262. The van der Waals surface area contributed by atoms with Crippen LogP contribution in [0.5, 0.6) is 0 Å². The molecule has 0 aromatic carbocycles. The molecule has 0 amide bonds. The van der Waals surface area contributed by atoms with Crippen LogP contribution in [0.2, 0.25) is 0 Å². The summed E-state index contributed by atoms with van der Waals surface area (Å²) in [5, 5.41) is 0.732. The van der Waals surface area contributed by atoms with Crippen LogP contribution in [0, 0.1) is 0 Å². The van der Waals surface area contributed by atoms with Gasteiger partial charge in [0.1, 0.15) is 0 Å². The van der Waals surface area contributed by atoms with Crippen molar-refractivity contribution in [3.05, 3.63) is 11.2 Å². The lowest BCUT2D eigenvalue weighted by atomic mass is 10.5. The number of nitrogens with zero attached hydrogens (tertiary/aromatic N) is 1. The standard InChI is InChI=1S/C5H12ClN3O2S/c1-2-3-9(8)4-5(7)12(6,10)11/h4H,2-3,7-8H2,1H3/b5-4+. The van der Waals surface area contributed by atoms with E-state index in [4.69, 9.17) is 22.3 Å². The Morgan fingerprint density at radius 2 is 2.17 bits per heavy atom. The number of nitrogens with two attached hydrogens (primary N) is 2. The van der Waals surface area contributed by atoms with E-state index < -0.39 is 14.1 Å². The van der Waals surface area contributed by atoms with E-state index >= 15 is 0 Å². The molecule has 0 fully saturated rings. The third kappa shape index (κ3) is 4.42. The second-order valence-electron chi connectivity index (χ2n) is 2.21. The fraction of sp³-hybridized carbons (Fsp3) is 0.600. The third-order valence-electron chi connectivity index (χ3n) is 1.06. The molecule has 0 aromatic rings. The van der Waals surface area contributed by atoms with E-state index in [2.05, 4.69) is 0 Å². The van der Waals surface area contributed by atoms with Crippen LogP contribution in [0.25, 0.3) is 0 Å². The highest BCUT2D eigenvalue weighted by Crippen LogP contribution is 2.05. The van der Waals surface area contributed by atoms with E-state index in [-0.39, 0.29) is 0 Å². The third-order valence-corrected chi connectivity index (χ3v) is 2.26. The van der Waals surface area contributed by atoms with Crippen LogP contribution in [0.4, 0.5) is 0 Å². The van der Waals surface area contributed by atoms with Crippen molar-refractivity contribution in [2.24, 2.45) is 11.6 Å². The Morgan fingerprint density at radius 1 is 1.67 bits per heavy atom. The maximum atomic E-state index is 10.6. The molecule has 0 spiro atoms. The molecule has 0 radical (unpaired) electrons. The maximum Gasteiger partial charge on any atom is 0.277 e. The zero-order valence-corrected chi connectivity index (χ0v) is 8.27. The molecule has 0 atom stereocenters. The van der Waals surface area contributed by atoms with Crippen molar-refractivity contribution in [2.45, 2.75) is 13.3 Å². The van der Waals surface area contributed by atoms with Crippen LogP contribution in [0.1, 0.15) is 13.3 Å². The van der Waals surface area contributed by atoms with Crippen LogP contribution in [0.15, 0.2) is 11.2 Å². The molecule has 0 bridgehead atoms. The molecule has 0 saturated carbocycles. The number of hydrogen-bond acceptors (Lipinski definition) is 5. The molecule has 0 aliphatic rings. The van der Waals surface area contributed by atoms with Gasteiger partial charge in [-0.15, -0.1) is 0 Å². The normalized spacial score (nSPS) is 13.1. The van der Waals surface area contributed by atoms with Crippen molar-refractivity contribution >= 4 is 19.7 Å². The Labute approximate surface area is 76.4 Å². The van der Waals surface area contributed by atoms with Crippen molar-refractivity contribution in [3.8, 4) is 0 Å². The monoisotopic (exact) mass is 213 g/mol. The average molecular weight is 214 g/mol. The van der Waals surface area contributed by atoms with Crippen LogP contribution in [-0.2, 0) is 9.05 Å². The number of halogens is 1. The van der Waals surface area contributed by atoms with Gasteiger partial charge in [-0.3, -0.25) is 0 Å². The zero-order chi connectivity index (χ0) is 9.78. The van der Waals surface area contributed by atoms with Crippen molar-refractivity contribution in [3.63, 3.8) is 0 Å². The second kappa shape index (κ2) is 4.54. The van der Waals surface area contributed by atoms with Crippen LogP contribution < -0.4 is 11.6 Å². The van der Waals surface area contributed by atoms with Gasteiger partial charge >= 0.3 is 0 Å². The molecule has 0 unspecified atom stereocenters. The number of hydrazine groups is 1. The lowest BCUT2D eigenvalue weighted by Crippen LogP contribution is -2.28. The fourth-order valence-electron chi connectivity index (χ4n) is 0.549. The highest BCUT2D eigenvalue weighted by Gasteiger charge is 2.09. The SMILES string of the molecule is CCCN(N)/C=C(\N)S(=O)(=O)Cl. The Balaban J connectivity index is 4.37. The van der Waals surface area contributed by atoms with E-state index in [0.29, 0.717) is 6.54 Å². The molecule has 12 heavy (non-hydrogen) atoms. The van der Waals surface area contributed by atoms with Crippen LogP contribution >= 0.6 is 10.7 Å². The van der Waals surface area contributed by atoms with Crippen molar-refractivity contribution in [1.82, 2.24) is 5.01 Å². The molecule has 72 valence electrons. The van der Waals surface area contributed by atoms with Gasteiger partial charge in [0.25, 0.3) is 9.05 Å². The average Bonchev–Trinajstić information content (AvgIpc) is 1.85. The minimum atomic E-state index is -3.83. The summed E-state index contributed by atoms with van der Waals surface area (Å²) in [7, 11) is 1.10. The molecule has 0 saturated heterocycles. The quantitative estimate of drug-likeness (QED) is 0.387. The van der Waals surface area contributed by atoms with Crippen molar-refractivity contribution in [2.75, 3.05) is 6.54 Å². The topological polar surface area (TPSA) is 89.4 Å². The molecule has 0 aliphatic carbocycles. The molecule has 5 nitrogen and oxygen atoms in total. The van der Waals surface area contributed by atoms with Gasteiger partial charge in [-0.05, 0) is 6.42 Å². The summed E-state index contributed by atoms with van der Waals surface area (Å²) in [6.07, 6.45) is 1.88. The largest absolute Gasteiger partial charge is 0.387 e. The number of rotatable bonds is 4. The molecule has 0 aromatic heterocycles. The first-order valence-corrected chi connectivity index (χ1v) is 5.62. The van der Waals surface area contributed by atoms with E-state index in [1.54, 1.807) is 0 Å². The zero-order valence-electron chi connectivity index (χ0n) is 6.70. The Kier molecular flexibility index (Phi) is 4.36. The van der Waals surface area contributed by atoms with Gasteiger partial charge in [0.05, 0.1) is 6.20 Å². The Morgan fingerprint density at radius 3 is 2.50 bits per heavy atom. The summed E-state index contributed by atoms with van der Waals surface area (Å²) in [6.45, 7) is 2.42. The van der Waals surface area contributed by atoms with Gasteiger partial charge < -0.3 is 10.7 Å². The van der Waals surface area contributed by atoms with Gasteiger partial charge in [0.2, 0.25) is 0 Å². The van der Waals surface area contributed by atoms with E-state index in [1.807, 2.05) is 6.92 Å². The first kappa shape index (κ1) is 11.5. The second-order valence-corrected chi connectivity index (χ2v) is 4.77. The van der Waals surface area contributed by atoms with Gasteiger partial charge in [-0.1, -0.05) is 6.92 Å². The van der Waals surface area contributed by atoms with E-state index in [1.165, 1.54) is 5.01 Å². The van der Waals surface area contributed by atoms with Gasteiger partial charge in [-0.25, -0.2) is 14.3 Å². The number of hydrogen-bond donors (Lipinski definition) is 2. The lowest BCUT2D eigenvalue weighted by molar-refractivity contribution is 0.391. The Hall–Kier alpha value is -0.460. The summed E-state index contributed by atoms with van der Waals surface area (Å²) >= 11 is 0. The minimum Gasteiger partial charge on any atom is -0.387 e. The molecule has 0 rings (SSSR count). The molecular formula is C5H12ClN3O2S. The fourth-order valence-corrected chi connectivity index (χ4v) is 0.930. The van der Waals surface area contributed by atoms with Crippen molar-refractivity contribution in [1.29, 1.82) is 0 Å². The lowest BCUT2D eigenvalue weighted by Gasteiger charge is -2.11. The molecule has 4 N–H and O–H groups in total. The molecule has 0 aliphatic heterocycles. The molecule has 0 heterocycles. The summed E-state index contributed by atoms with van der Waals surface area (Å²) in [4.78, 5) is 0. The van der Waals surface area contributed by atoms with E-state index in [9.17, 15) is 8.42 Å². The molecular weight excluding hydrogens is 202 g/mol. The van der Waals surface area contributed by atoms with E-state index in [0.717, 1.165) is 12.6 Å². The summed E-state index contributed by atoms with van der Waals surface area (Å²) in [5.41, 5.74) is 5.10. The first-order chi connectivity index (χ1) is 5.38. The highest BCUT2D eigenvalue weighted by molar-refractivity contribution is 8.16.